The van der Waals surface area contributed by atoms with Gasteiger partial charge >= 0.3 is 5.97 Å². The van der Waals surface area contributed by atoms with Crippen LogP contribution < -0.4 is 0 Å². The second kappa shape index (κ2) is 9.44. The van der Waals surface area contributed by atoms with Gasteiger partial charge in [0.05, 0.1) is 0 Å². The molecular formula is C25H46O5Si. The van der Waals surface area contributed by atoms with E-state index in [9.17, 15) is 4.79 Å². The lowest BCUT2D eigenvalue weighted by Gasteiger charge is -2.48. The Bertz CT molecular complexity index is 634. The van der Waals surface area contributed by atoms with Crippen molar-refractivity contribution >= 4 is 14.3 Å². The maximum absolute atomic E-state index is 12.6. The number of esters is 1. The smallest absolute Gasteiger partial charge is 0.338 e. The molecule has 0 amide bonds. The van der Waals surface area contributed by atoms with E-state index in [0.717, 1.165) is 6.42 Å². The standard InChI is InChI=1S/C25H46O5Si/c1-9-27-18(3)29-25(5)16-19(28-23(25)26)15-17(2)20-12-13-21-22(30-31(6,7)8)11-10-14-24(20,21)4/h17-22H,9-16H2,1-8H3/t17?,18-,19+,20?,21?,22-,24-,25-/m1/s1. The maximum Gasteiger partial charge on any atom is 0.338 e. The molecule has 0 bridgehead atoms. The minimum absolute atomic E-state index is 0.0680. The van der Waals surface area contributed by atoms with Crippen LogP contribution in [-0.2, 0) is 23.4 Å². The van der Waals surface area contributed by atoms with Gasteiger partial charge in [-0.15, -0.1) is 0 Å². The Morgan fingerprint density at radius 3 is 2.52 bits per heavy atom. The highest BCUT2D eigenvalue weighted by atomic mass is 28.4. The highest BCUT2D eigenvalue weighted by Gasteiger charge is 2.54. The number of hydrogen-bond acceptors (Lipinski definition) is 5. The highest BCUT2D eigenvalue weighted by molar-refractivity contribution is 6.69. The van der Waals surface area contributed by atoms with Gasteiger partial charge in [0, 0.05) is 19.1 Å². The Kier molecular flexibility index (Phi) is 7.67. The number of hydrogen-bond donors (Lipinski definition) is 0. The first kappa shape index (κ1) is 25.2. The quantitative estimate of drug-likeness (QED) is 0.246. The minimum Gasteiger partial charge on any atom is -0.460 e. The molecule has 0 spiro atoms. The molecule has 0 N–H and O–H groups in total. The van der Waals surface area contributed by atoms with Crippen molar-refractivity contribution in [3.05, 3.63) is 0 Å². The van der Waals surface area contributed by atoms with Gasteiger partial charge in [-0.3, -0.25) is 0 Å². The Morgan fingerprint density at radius 2 is 1.87 bits per heavy atom. The van der Waals surface area contributed by atoms with E-state index in [1.54, 1.807) is 0 Å². The van der Waals surface area contributed by atoms with Crippen LogP contribution in [0.5, 0.6) is 0 Å². The topological polar surface area (TPSA) is 54.0 Å². The SMILES string of the molecule is CCO[C@@H](C)O[C@]1(C)C[C@H](CC(C)C2CCC3[C@H](O[Si](C)(C)C)CCC[C@]23C)OC1=O. The molecule has 3 unspecified atom stereocenters. The van der Waals surface area contributed by atoms with Gasteiger partial charge in [-0.05, 0) is 95.7 Å². The monoisotopic (exact) mass is 454 g/mol. The van der Waals surface area contributed by atoms with Crippen LogP contribution in [0.2, 0.25) is 19.6 Å². The summed E-state index contributed by atoms with van der Waals surface area (Å²) >= 11 is 0. The molecule has 1 saturated heterocycles. The summed E-state index contributed by atoms with van der Waals surface area (Å²) in [6.07, 6.45) is 7.83. The van der Waals surface area contributed by atoms with Crippen molar-refractivity contribution in [3.63, 3.8) is 0 Å². The predicted octanol–water partition coefficient (Wildman–Crippen LogP) is 5.92. The van der Waals surface area contributed by atoms with Crippen molar-refractivity contribution in [1.82, 2.24) is 0 Å². The van der Waals surface area contributed by atoms with E-state index < -0.39 is 20.2 Å². The van der Waals surface area contributed by atoms with Crippen LogP contribution in [0.1, 0.15) is 79.6 Å². The van der Waals surface area contributed by atoms with Crippen molar-refractivity contribution in [3.8, 4) is 0 Å². The van der Waals surface area contributed by atoms with Crippen molar-refractivity contribution in [2.45, 2.75) is 123 Å². The van der Waals surface area contributed by atoms with E-state index in [1.165, 1.54) is 32.1 Å². The van der Waals surface area contributed by atoms with Gasteiger partial charge in [0.15, 0.2) is 20.2 Å². The van der Waals surface area contributed by atoms with Crippen LogP contribution in [0.25, 0.3) is 0 Å². The van der Waals surface area contributed by atoms with Crippen LogP contribution >= 0.6 is 0 Å². The predicted molar refractivity (Wildman–Crippen MR) is 125 cm³/mol. The molecule has 8 atom stereocenters. The lowest BCUT2D eigenvalue weighted by atomic mass is 9.61. The van der Waals surface area contributed by atoms with Crippen molar-refractivity contribution < 1.29 is 23.4 Å². The molecule has 31 heavy (non-hydrogen) atoms. The number of ether oxygens (including phenoxy) is 3. The normalized spacial score (nSPS) is 40.5. The average molecular weight is 455 g/mol. The highest BCUT2D eigenvalue weighted by Crippen LogP contribution is 2.59. The molecule has 2 saturated carbocycles. The van der Waals surface area contributed by atoms with Gasteiger partial charge in [0.25, 0.3) is 0 Å². The van der Waals surface area contributed by atoms with Gasteiger partial charge < -0.3 is 18.6 Å². The zero-order valence-electron chi connectivity index (χ0n) is 21.2. The third-order valence-corrected chi connectivity index (χ3v) is 9.12. The molecule has 3 aliphatic rings. The number of carbonyl (C=O) groups is 1. The summed E-state index contributed by atoms with van der Waals surface area (Å²) in [5.41, 5.74) is -0.559. The van der Waals surface area contributed by atoms with Gasteiger partial charge in [-0.2, -0.15) is 0 Å². The first-order valence-electron chi connectivity index (χ1n) is 12.6. The molecule has 6 heteroatoms. The van der Waals surface area contributed by atoms with E-state index in [-0.39, 0.29) is 12.1 Å². The van der Waals surface area contributed by atoms with Gasteiger partial charge in [-0.1, -0.05) is 20.3 Å². The molecule has 3 rings (SSSR count). The second-order valence-electron chi connectivity index (χ2n) is 11.8. The van der Waals surface area contributed by atoms with Crippen molar-refractivity contribution in [2.75, 3.05) is 6.61 Å². The summed E-state index contributed by atoms with van der Waals surface area (Å²) in [5.74, 6) is 1.62. The first-order valence-corrected chi connectivity index (χ1v) is 16.0. The molecule has 3 fully saturated rings. The molecule has 0 aromatic carbocycles. The lowest BCUT2D eigenvalue weighted by Crippen LogP contribution is -2.46. The van der Waals surface area contributed by atoms with Crippen LogP contribution in [0.15, 0.2) is 0 Å². The summed E-state index contributed by atoms with van der Waals surface area (Å²) in [6.45, 7) is 18.0. The van der Waals surface area contributed by atoms with Crippen LogP contribution in [-0.4, -0.2) is 45.0 Å². The largest absolute Gasteiger partial charge is 0.460 e. The van der Waals surface area contributed by atoms with Gasteiger partial charge in [0.1, 0.15) is 6.10 Å². The Labute approximate surface area is 191 Å². The molecule has 0 aromatic heterocycles. The molecule has 2 aliphatic carbocycles. The van der Waals surface area contributed by atoms with E-state index in [1.807, 2.05) is 20.8 Å². The van der Waals surface area contributed by atoms with E-state index >= 15 is 0 Å². The molecule has 1 heterocycles. The third-order valence-electron chi connectivity index (χ3n) is 8.11. The fraction of sp³-hybridized carbons (Fsp3) is 0.960. The van der Waals surface area contributed by atoms with E-state index in [2.05, 4.69) is 33.5 Å². The molecular weight excluding hydrogens is 408 g/mol. The molecule has 1 aliphatic heterocycles. The third kappa shape index (κ3) is 5.56. The molecule has 0 aromatic rings. The van der Waals surface area contributed by atoms with E-state index in [0.29, 0.717) is 42.3 Å². The zero-order chi connectivity index (χ0) is 23.0. The van der Waals surface area contributed by atoms with Crippen LogP contribution in [0, 0.1) is 23.2 Å². The van der Waals surface area contributed by atoms with E-state index in [4.69, 9.17) is 18.6 Å². The molecule has 5 nitrogen and oxygen atoms in total. The summed E-state index contributed by atoms with van der Waals surface area (Å²) in [4.78, 5) is 12.6. The number of cyclic esters (lactones) is 1. The summed E-state index contributed by atoms with van der Waals surface area (Å²) in [5, 5.41) is 0. The Morgan fingerprint density at radius 1 is 1.16 bits per heavy atom. The summed E-state index contributed by atoms with van der Waals surface area (Å²) in [7, 11) is -1.54. The first-order chi connectivity index (χ1) is 14.4. The second-order valence-corrected chi connectivity index (χ2v) is 16.2. The average Bonchev–Trinajstić information content (AvgIpc) is 3.10. The van der Waals surface area contributed by atoms with Gasteiger partial charge in [0.2, 0.25) is 0 Å². The van der Waals surface area contributed by atoms with Crippen LogP contribution in [0.3, 0.4) is 0 Å². The van der Waals surface area contributed by atoms with Crippen molar-refractivity contribution in [1.29, 1.82) is 0 Å². The lowest BCUT2D eigenvalue weighted by molar-refractivity contribution is -0.200. The maximum atomic E-state index is 12.6. The molecule has 0 radical (unpaired) electrons. The Balaban J connectivity index is 1.62. The summed E-state index contributed by atoms with van der Waals surface area (Å²) in [6, 6.07) is 0. The Hall–Kier alpha value is -0.433. The summed E-state index contributed by atoms with van der Waals surface area (Å²) < 4.78 is 23.9. The zero-order valence-corrected chi connectivity index (χ0v) is 22.2. The number of carbonyl (C=O) groups excluding carboxylic acids is 1. The fourth-order valence-electron chi connectivity index (χ4n) is 6.97. The van der Waals surface area contributed by atoms with Crippen LogP contribution in [0.4, 0.5) is 0 Å². The fourth-order valence-corrected chi connectivity index (χ4v) is 8.16. The number of rotatable bonds is 9. The van der Waals surface area contributed by atoms with Crippen molar-refractivity contribution in [2.24, 2.45) is 23.2 Å². The number of fused-ring (bicyclic) bond motifs is 1. The van der Waals surface area contributed by atoms with Gasteiger partial charge in [-0.25, -0.2) is 4.79 Å². The molecule has 180 valence electrons. The minimum atomic E-state index is -1.54.